The number of aromatic nitrogens is 3. The number of carbonyl (C=O) groups is 1. The van der Waals surface area contributed by atoms with Crippen LogP contribution in [0.25, 0.3) is 16.5 Å². The van der Waals surface area contributed by atoms with E-state index >= 15 is 0 Å². The van der Waals surface area contributed by atoms with Gasteiger partial charge in [-0.2, -0.15) is 18.3 Å². The van der Waals surface area contributed by atoms with Crippen molar-refractivity contribution in [2.75, 3.05) is 44.2 Å². The van der Waals surface area contributed by atoms with Crippen LogP contribution >= 0.6 is 11.6 Å². The van der Waals surface area contributed by atoms with Crippen LogP contribution in [0.5, 0.6) is 17.4 Å². The Bertz CT molecular complexity index is 2650. The van der Waals surface area contributed by atoms with Crippen LogP contribution in [0.2, 0.25) is 5.02 Å². The number of carbonyl (C=O) groups excluding carboxylic acids is 1. The molecule has 2 aromatic heterocycles. The van der Waals surface area contributed by atoms with Crippen LogP contribution in [0.15, 0.2) is 89.6 Å². The number of nitrogens with one attached hydrogen (secondary N) is 2. The molecule has 5 aromatic rings. The lowest BCUT2D eigenvalue weighted by molar-refractivity contribution is -0.139. The van der Waals surface area contributed by atoms with Crippen LogP contribution < -0.4 is 19.1 Å². The maximum Gasteiger partial charge on any atom is 0.421 e. The van der Waals surface area contributed by atoms with E-state index in [4.69, 9.17) is 21.1 Å². The second-order valence-corrected chi connectivity index (χ2v) is 20.4. The zero-order chi connectivity index (χ0) is 45.4. The minimum atomic E-state index is -5.02. The average molecular weight is 921 g/mol. The minimum Gasteiger partial charge on any atom is -0.477 e. The van der Waals surface area contributed by atoms with Gasteiger partial charge in [0.15, 0.2) is 0 Å². The van der Waals surface area contributed by atoms with Crippen LogP contribution in [0, 0.1) is 11.3 Å². The first-order chi connectivity index (χ1) is 30.3. The van der Waals surface area contributed by atoms with Crippen molar-refractivity contribution in [3.63, 3.8) is 0 Å². The van der Waals surface area contributed by atoms with Crippen molar-refractivity contribution >= 4 is 49.7 Å². The molecule has 0 bridgehead atoms. The Morgan fingerprint density at radius 2 is 1.70 bits per heavy atom. The van der Waals surface area contributed by atoms with Crippen LogP contribution in [-0.4, -0.2) is 84.4 Å². The number of allylic oxidation sites excluding steroid dienone is 1. The van der Waals surface area contributed by atoms with Crippen LogP contribution in [0.4, 0.5) is 18.9 Å². The molecule has 3 heterocycles. The molecule has 64 heavy (non-hydrogen) atoms. The molecule has 1 aliphatic heterocycles. The molecule has 2 aliphatic carbocycles. The number of amides is 1. The predicted octanol–water partition coefficient (Wildman–Crippen LogP) is 9.65. The molecule has 8 rings (SSSR count). The molecule has 3 aliphatic rings. The third kappa shape index (κ3) is 10.5. The van der Waals surface area contributed by atoms with E-state index in [1.54, 1.807) is 43.5 Å². The van der Waals surface area contributed by atoms with Gasteiger partial charge in [-0.3, -0.25) is 14.8 Å². The van der Waals surface area contributed by atoms with Gasteiger partial charge in [0.25, 0.3) is 15.9 Å². The number of anilines is 1. The summed E-state index contributed by atoms with van der Waals surface area (Å²) >= 11 is 6.23. The SMILES string of the molecule is CC1(C)CCC(CN2CCN(c3ccc(C(=O)NS(=O)(=O)c4cnc(OCC5CCC(C)(O)CC5)c(C(F)(F)F)c4)c(Oc4cccc5[nH]ncc45)c3)CC2)=C(c2ccc(Cl)cc2)C1. The fraction of sp³-hybridized carbons (Fsp3) is 0.426. The van der Waals surface area contributed by atoms with Gasteiger partial charge in [-0.05, 0) is 117 Å². The van der Waals surface area contributed by atoms with Gasteiger partial charge in [0.1, 0.15) is 22.0 Å². The van der Waals surface area contributed by atoms with Gasteiger partial charge in [-0.1, -0.05) is 49.2 Å². The van der Waals surface area contributed by atoms with Gasteiger partial charge in [-0.15, -0.1) is 0 Å². The number of hydrogen-bond acceptors (Lipinski definition) is 10. The number of pyridine rings is 1. The fourth-order valence-electron chi connectivity index (χ4n) is 8.82. The number of rotatable bonds is 12. The van der Waals surface area contributed by atoms with E-state index in [2.05, 4.69) is 51.0 Å². The molecule has 0 unspecified atom stereocenters. The van der Waals surface area contributed by atoms with Gasteiger partial charge < -0.3 is 19.5 Å². The fourth-order valence-corrected chi connectivity index (χ4v) is 9.89. The number of hydrogen-bond donors (Lipinski definition) is 3. The van der Waals surface area contributed by atoms with E-state index in [9.17, 15) is 31.5 Å². The van der Waals surface area contributed by atoms with Gasteiger partial charge in [0, 0.05) is 49.5 Å². The zero-order valence-electron chi connectivity index (χ0n) is 36.0. The number of ether oxygens (including phenoxy) is 2. The highest BCUT2D eigenvalue weighted by molar-refractivity contribution is 7.90. The van der Waals surface area contributed by atoms with Crippen molar-refractivity contribution in [1.82, 2.24) is 24.8 Å². The summed E-state index contributed by atoms with van der Waals surface area (Å²) in [4.78, 5) is 21.4. The van der Waals surface area contributed by atoms with Gasteiger partial charge in [-0.25, -0.2) is 18.1 Å². The molecular weight excluding hydrogens is 869 g/mol. The number of nitrogens with zero attached hydrogens (tertiary/aromatic N) is 4. The molecule has 1 saturated carbocycles. The standard InChI is InChI=1S/C47H52ClF3N6O6S/c1-45(2)16-15-32(37(25-45)31-7-9-33(48)10-8-31)28-56-19-21-57(22-20-56)34-11-12-36(42(23-34)63-41-6-4-5-40-38(41)27-53-54-40)43(58)55-64(60,61)35-24-39(47(49,50)51)44(52-26-35)62-29-30-13-17-46(3,59)18-14-30/h4-12,23-24,26-27,30,59H,13-22,25,28-29H2,1-3H3,(H,53,54)(H,55,58). The summed E-state index contributed by atoms with van der Waals surface area (Å²) in [5, 5.41) is 18.5. The Labute approximate surface area is 375 Å². The van der Waals surface area contributed by atoms with Crippen LogP contribution in [0.3, 0.4) is 0 Å². The second-order valence-electron chi connectivity index (χ2n) is 18.3. The summed E-state index contributed by atoms with van der Waals surface area (Å²) in [6.45, 7) is 9.98. The molecule has 17 heteroatoms. The normalized spacial score (nSPS) is 20.9. The van der Waals surface area contributed by atoms with E-state index in [1.165, 1.54) is 22.8 Å². The molecule has 1 saturated heterocycles. The Hall–Kier alpha value is -5.16. The third-order valence-electron chi connectivity index (χ3n) is 12.7. The lowest BCUT2D eigenvalue weighted by Gasteiger charge is -2.39. The van der Waals surface area contributed by atoms with Crippen molar-refractivity contribution in [3.05, 3.63) is 106 Å². The largest absolute Gasteiger partial charge is 0.477 e. The molecule has 2 fully saturated rings. The van der Waals surface area contributed by atoms with Gasteiger partial charge >= 0.3 is 6.18 Å². The first-order valence-corrected chi connectivity index (χ1v) is 23.4. The monoisotopic (exact) mass is 920 g/mol. The number of benzene rings is 3. The van der Waals surface area contributed by atoms with E-state index in [0.717, 1.165) is 50.8 Å². The highest BCUT2D eigenvalue weighted by Gasteiger charge is 2.38. The summed E-state index contributed by atoms with van der Waals surface area (Å²) in [6.07, 6.45) is 2.46. The summed E-state index contributed by atoms with van der Waals surface area (Å²) in [5.41, 5.74) is 3.23. The molecule has 340 valence electrons. The molecule has 0 spiro atoms. The molecular formula is C47H52ClF3N6O6S. The third-order valence-corrected chi connectivity index (χ3v) is 14.3. The smallest absolute Gasteiger partial charge is 0.421 e. The Morgan fingerprint density at radius 3 is 2.42 bits per heavy atom. The van der Waals surface area contributed by atoms with Gasteiger partial charge in [0.05, 0.1) is 41.1 Å². The number of sulfonamides is 1. The Morgan fingerprint density at radius 1 is 0.969 bits per heavy atom. The topological polar surface area (TPSA) is 150 Å². The average Bonchev–Trinajstić information content (AvgIpc) is 3.74. The number of aliphatic hydroxyl groups is 1. The first kappa shape index (κ1) is 45.4. The van der Waals surface area contributed by atoms with E-state index < -0.39 is 44.0 Å². The van der Waals surface area contributed by atoms with E-state index in [0.29, 0.717) is 66.5 Å². The molecule has 0 radical (unpaired) electrons. The van der Waals surface area contributed by atoms with E-state index in [1.807, 2.05) is 16.9 Å². The molecule has 0 atom stereocenters. The lowest BCUT2D eigenvalue weighted by Crippen LogP contribution is -2.47. The summed E-state index contributed by atoms with van der Waals surface area (Å²) < 4.78 is 84.0. The van der Waals surface area contributed by atoms with Crippen molar-refractivity contribution in [2.24, 2.45) is 11.3 Å². The predicted molar refractivity (Wildman–Crippen MR) is 239 cm³/mol. The van der Waals surface area contributed by atoms with Crippen LogP contribution in [-0.2, 0) is 16.2 Å². The molecule has 1 amide bonds. The number of halogens is 4. The summed E-state index contributed by atoms with van der Waals surface area (Å²) in [6, 6.07) is 18.5. The minimum absolute atomic E-state index is 0.0333. The zero-order valence-corrected chi connectivity index (χ0v) is 37.5. The second kappa shape index (κ2) is 18.0. The highest BCUT2D eigenvalue weighted by Crippen LogP contribution is 2.44. The maximum absolute atomic E-state index is 14.3. The van der Waals surface area contributed by atoms with Gasteiger partial charge in [0.2, 0.25) is 5.88 Å². The first-order valence-electron chi connectivity index (χ1n) is 21.5. The summed E-state index contributed by atoms with van der Waals surface area (Å²) in [7, 11) is -4.89. The van der Waals surface area contributed by atoms with Crippen molar-refractivity contribution in [2.45, 2.75) is 82.4 Å². The number of alkyl halides is 3. The van der Waals surface area contributed by atoms with Crippen LogP contribution in [0.1, 0.15) is 87.2 Å². The highest BCUT2D eigenvalue weighted by atomic mass is 35.5. The van der Waals surface area contributed by atoms with Crippen molar-refractivity contribution in [3.8, 4) is 17.4 Å². The quantitative estimate of drug-likeness (QED) is 0.110. The molecule has 12 nitrogen and oxygen atoms in total. The summed E-state index contributed by atoms with van der Waals surface area (Å²) in [5.74, 6) is -1.61. The number of piperazine rings is 1. The maximum atomic E-state index is 14.3. The molecule has 3 N–H and O–H groups in total. The van der Waals surface area contributed by atoms with Crippen molar-refractivity contribution < 1.29 is 41.0 Å². The van der Waals surface area contributed by atoms with Crippen molar-refractivity contribution in [1.29, 1.82) is 0 Å². The Kier molecular flexibility index (Phi) is 12.8. The lowest BCUT2D eigenvalue weighted by atomic mass is 9.72. The number of H-pyrrole nitrogens is 1. The molecule has 3 aromatic carbocycles. The number of aromatic amines is 1. The van der Waals surface area contributed by atoms with E-state index in [-0.39, 0.29) is 29.3 Å². The number of fused-ring (bicyclic) bond motifs is 1. The Balaban J connectivity index is 1.01.